The summed E-state index contributed by atoms with van der Waals surface area (Å²) in [6, 6.07) is 20.5. The monoisotopic (exact) mass is 834 g/mol. The number of rotatable bonds is 11. The molecule has 4 fully saturated rings. The second-order valence-electron chi connectivity index (χ2n) is 18.4. The minimum atomic E-state index is -2.39. The van der Waals surface area contributed by atoms with E-state index in [-0.39, 0.29) is 25.2 Å². The van der Waals surface area contributed by atoms with Gasteiger partial charge in [-0.3, -0.25) is 4.79 Å². The Hall–Kier alpha value is -3.59. The van der Waals surface area contributed by atoms with Crippen LogP contribution in [0.4, 0.5) is 4.79 Å². The summed E-state index contributed by atoms with van der Waals surface area (Å²) in [5, 5.41) is 14.0. The van der Waals surface area contributed by atoms with E-state index in [1.165, 1.54) is 6.92 Å². The molecule has 3 aliphatic carbocycles. The van der Waals surface area contributed by atoms with E-state index in [0.717, 1.165) is 23.7 Å². The number of aliphatic hydroxyl groups is 1. The van der Waals surface area contributed by atoms with Crippen LogP contribution in [-0.2, 0) is 49.0 Å². The van der Waals surface area contributed by atoms with Crippen LogP contribution in [0.2, 0.25) is 18.1 Å². The molecule has 1 N–H and O–H groups in total. The first-order valence-electron chi connectivity index (χ1n) is 21.2. The predicted octanol–water partition coefficient (Wildman–Crippen LogP) is 8.06. The van der Waals surface area contributed by atoms with Gasteiger partial charge >= 0.3 is 18.1 Å². The van der Waals surface area contributed by atoms with E-state index in [9.17, 15) is 19.5 Å². The fraction of sp³-hybridized carbons (Fsp3) is 0.630. The third-order valence-corrected chi connectivity index (χ3v) is 19.3. The van der Waals surface area contributed by atoms with Crippen LogP contribution in [0.1, 0.15) is 98.0 Å². The molecule has 0 amide bonds. The van der Waals surface area contributed by atoms with Gasteiger partial charge in [0.2, 0.25) is 0 Å². The van der Waals surface area contributed by atoms with Crippen LogP contribution in [0.3, 0.4) is 0 Å². The van der Waals surface area contributed by atoms with Crippen LogP contribution < -0.4 is 0 Å². The minimum Gasteiger partial charge on any atom is -0.455 e. The van der Waals surface area contributed by atoms with Crippen molar-refractivity contribution in [2.45, 2.75) is 160 Å². The Morgan fingerprint density at radius 2 is 1.51 bits per heavy atom. The molecule has 0 aromatic heterocycles. The van der Waals surface area contributed by atoms with E-state index in [1.54, 1.807) is 30.3 Å². The number of benzene rings is 2. The summed E-state index contributed by atoms with van der Waals surface area (Å²) in [6.45, 7) is 19.3. The lowest BCUT2D eigenvalue weighted by molar-refractivity contribution is -0.361. The van der Waals surface area contributed by atoms with Gasteiger partial charge in [0.1, 0.15) is 36.6 Å². The number of fused-ring (bicyclic) bond motifs is 8. The molecule has 322 valence electrons. The van der Waals surface area contributed by atoms with E-state index in [1.807, 2.05) is 65.0 Å². The van der Waals surface area contributed by atoms with Gasteiger partial charge in [-0.05, 0) is 67.7 Å². The van der Waals surface area contributed by atoms with Crippen molar-refractivity contribution in [3.8, 4) is 0 Å². The summed E-state index contributed by atoms with van der Waals surface area (Å²) in [4.78, 5) is 41.5. The van der Waals surface area contributed by atoms with Crippen molar-refractivity contribution < 1.29 is 57.1 Å². The van der Waals surface area contributed by atoms with Crippen LogP contribution in [0, 0.1) is 16.7 Å². The maximum Gasteiger partial charge on any atom is 0.509 e. The molecule has 10 atom stereocenters. The highest BCUT2D eigenvalue weighted by atomic mass is 28.4. The van der Waals surface area contributed by atoms with Crippen molar-refractivity contribution >= 4 is 26.4 Å². The zero-order valence-electron chi connectivity index (χ0n) is 36.2. The molecule has 2 aromatic rings. The van der Waals surface area contributed by atoms with Gasteiger partial charge in [-0.1, -0.05) is 90.1 Å². The average Bonchev–Trinajstić information content (AvgIpc) is 3.52. The van der Waals surface area contributed by atoms with E-state index in [4.69, 9.17) is 37.6 Å². The smallest absolute Gasteiger partial charge is 0.455 e. The molecule has 7 rings (SSSR count). The molecule has 2 aliphatic heterocycles. The Kier molecular flexibility index (Phi) is 11.6. The average molecular weight is 835 g/mol. The number of hydrogen-bond acceptors (Lipinski definition) is 12. The second-order valence-corrected chi connectivity index (χ2v) is 23.2. The van der Waals surface area contributed by atoms with Gasteiger partial charge in [0.25, 0.3) is 0 Å². The van der Waals surface area contributed by atoms with Gasteiger partial charge in [0.05, 0.1) is 30.3 Å². The van der Waals surface area contributed by atoms with Crippen molar-refractivity contribution in [1.29, 1.82) is 0 Å². The van der Waals surface area contributed by atoms with Crippen molar-refractivity contribution in [1.82, 2.24) is 0 Å². The van der Waals surface area contributed by atoms with Crippen LogP contribution in [0.15, 0.2) is 71.8 Å². The van der Waals surface area contributed by atoms with E-state index < -0.39 is 96.8 Å². The first-order chi connectivity index (χ1) is 27.8. The molecule has 0 radical (unpaired) electrons. The number of carbonyl (C=O) groups is 3. The Labute approximate surface area is 349 Å². The number of esters is 2. The quantitative estimate of drug-likeness (QED) is 0.101. The summed E-state index contributed by atoms with van der Waals surface area (Å²) in [5.41, 5.74) is -3.29. The fourth-order valence-electron chi connectivity index (χ4n) is 11.2. The number of hydrogen-bond donors (Lipinski definition) is 1. The molecule has 13 heteroatoms. The lowest BCUT2D eigenvalue weighted by Gasteiger charge is -2.69. The van der Waals surface area contributed by atoms with Crippen LogP contribution in [0.25, 0.3) is 0 Å². The summed E-state index contributed by atoms with van der Waals surface area (Å²) >= 11 is 0. The summed E-state index contributed by atoms with van der Waals surface area (Å²) in [7, 11) is -2.39. The highest BCUT2D eigenvalue weighted by Gasteiger charge is 2.80. The Balaban J connectivity index is 1.47. The molecule has 59 heavy (non-hydrogen) atoms. The Morgan fingerprint density at radius 1 is 0.881 bits per heavy atom. The molecular formula is C46H62O12Si. The van der Waals surface area contributed by atoms with E-state index in [2.05, 4.69) is 27.7 Å². The second kappa shape index (κ2) is 15.7. The lowest BCUT2D eigenvalue weighted by atomic mass is 9.44. The first-order valence-corrected chi connectivity index (χ1v) is 23.8. The van der Waals surface area contributed by atoms with E-state index in [0.29, 0.717) is 17.6 Å². The maximum absolute atomic E-state index is 14.6. The van der Waals surface area contributed by atoms with Gasteiger partial charge in [0, 0.05) is 30.6 Å². The van der Waals surface area contributed by atoms with Crippen LogP contribution >= 0.6 is 0 Å². The minimum absolute atomic E-state index is 0.00682. The van der Waals surface area contributed by atoms with Gasteiger partial charge in [0.15, 0.2) is 19.7 Å². The number of carbonyl (C=O) groups excluding carboxylic acids is 3. The highest BCUT2D eigenvalue weighted by Crippen LogP contribution is 2.68. The van der Waals surface area contributed by atoms with Crippen LogP contribution in [0.5, 0.6) is 0 Å². The first kappa shape index (κ1) is 43.5. The summed E-state index contributed by atoms with van der Waals surface area (Å²) in [5.74, 6) is -3.31. The van der Waals surface area contributed by atoms with Gasteiger partial charge in [-0.2, -0.15) is 0 Å². The van der Waals surface area contributed by atoms with Crippen LogP contribution in [-0.4, -0.2) is 91.7 Å². The largest absolute Gasteiger partial charge is 0.509 e. The van der Waals surface area contributed by atoms with Crippen molar-refractivity contribution in [3.05, 3.63) is 82.9 Å². The zero-order valence-corrected chi connectivity index (χ0v) is 37.2. The summed E-state index contributed by atoms with van der Waals surface area (Å²) in [6.07, 6.45) is -5.93. The zero-order chi connectivity index (χ0) is 42.8. The van der Waals surface area contributed by atoms with E-state index >= 15 is 0 Å². The fourth-order valence-corrected chi connectivity index (χ4v) is 14.2. The highest BCUT2D eigenvalue weighted by molar-refractivity contribution is 6.73. The third-order valence-electron chi connectivity index (χ3n) is 14.6. The standard InChI is InChI=1S/C46H62O12Si/c1-11-59(12-2,13-3)58-33-24-34-45(27-52-34,55-29(5)47)37-39(54-40(48)31-22-18-15-19-23-31)46(50)25-32(53-41(49)51-26-30-20-16-14-17-21-30)28(4)35(42(46,6)7)36-38(44(33,37)10)57-43(8,9)56-36/h14-23,32-34,36-39,50H,11-13,24-27H2,1-10H3/t32-,33-,34+,36+,37-,38+,39-,44+,45-,46+/m0/s1. The topological polar surface area (TPSA) is 145 Å². The Morgan fingerprint density at radius 3 is 2.08 bits per heavy atom. The lowest BCUT2D eigenvalue weighted by Crippen LogP contribution is -2.82. The molecular weight excluding hydrogens is 773 g/mol. The molecule has 2 bridgehead atoms. The predicted molar refractivity (Wildman–Crippen MR) is 220 cm³/mol. The van der Waals surface area contributed by atoms with Gasteiger partial charge < -0.3 is 42.7 Å². The normalized spacial score (nSPS) is 35.4. The number of ether oxygens (including phenoxy) is 7. The summed E-state index contributed by atoms with van der Waals surface area (Å²) < 4.78 is 53.1. The molecule has 2 heterocycles. The maximum atomic E-state index is 14.6. The third kappa shape index (κ3) is 7.17. The molecule has 0 unspecified atom stereocenters. The van der Waals surface area contributed by atoms with Gasteiger partial charge in [-0.15, -0.1) is 0 Å². The van der Waals surface area contributed by atoms with Gasteiger partial charge in [-0.25, -0.2) is 9.59 Å². The molecule has 2 aromatic carbocycles. The molecule has 2 saturated carbocycles. The van der Waals surface area contributed by atoms with Crippen molar-refractivity contribution in [2.75, 3.05) is 6.61 Å². The van der Waals surface area contributed by atoms with Crippen molar-refractivity contribution in [3.63, 3.8) is 0 Å². The Bertz CT molecular complexity index is 1920. The van der Waals surface area contributed by atoms with Crippen molar-refractivity contribution in [2.24, 2.45) is 16.7 Å². The molecule has 5 aliphatic rings. The molecule has 12 nitrogen and oxygen atoms in total. The molecule has 2 saturated heterocycles. The SMILES string of the molecule is CC[Si](CC)(CC)O[C@H]1C[C@H]2OC[C@@]2(OC(C)=O)[C@H]2[C@H](OC(=O)c3ccccc3)[C@]3(O)C[C@H](OC(=O)OCc4ccccc4)C(C)=C([C@H]4OC(C)(C)O[C@H]4[C@]12C)C3(C)C. The molecule has 0 spiro atoms.